The number of amides is 1. The van der Waals surface area contributed by atoms with E-state index in [-0.39, 0.29) is 11.9 Å². The molecule has 1 aliphatic heterocycles. The molecule has 1 aromatic carbocycles. The van der Waals surface area contributed by atoms with E-state index in [0.29, 0.717) is 5.82 Å². The van der Waals surface area contributed by atoms with Crippen LogP contribution in [0.2, 0.25) is 0 Å². The summed E-state index contributed by atoms with van der Waals surface area (Å²) in [5.41, 5.74) is 3.68. The number of carbonyl (C=O) groups is 1. The molecule has 6 heteroatoms. The fourth-order valence-corrected chi connectivity index (χ4v) is 3.68. The summed E-state index contributed by atoms with van der Waals surface area (Å²) in [5, 5.41) is 3.56. The molecule has 6 nitrogen and oxygen atoms in total. The van der Waals surface area contributed by atoms with Crippen LogP contribution in [0.25, 0.3) is 11.5 Å². The number of rotatable bonds is 5. The quantitative estimate of drug-likeness (QED) is 0.696. The summed E-state index contributed by atoms with van der Waals surface area (Å²) in [6.07, 6.45) is 4.37. The normalized spacial score (nSPS) is 14.5. The second-order valence-corrected chi connectivity index (χ2v) is 7.71. The summed E-state index contributed by atoms with van der Waals surface area (Å²) in [7, 11) is 0. The van der Waals surface area contributed by atoms with Gasteiger partial charge < -0.3 is 10.2 Å². The van der Waals surface area contributed by atoms with Crippen LogP contribution in [-0.2, 0) is 6.42 Å². The van der Waals surface area contributed by atoms with Crippen LogP contribution in [0.15, 0.2) is 54.7 Å². The molecule has 0 spiro atoms. The summed E-state index contributed by atoms with van der Waals surface area (Å²) in [5.74, 6) is 1.58. The number of pyridine rings is 1. The van der Waals surface area contributed by atoms with Crippen LogP contribution in [0.5, 0.6) is 0 Å². The molecule has 30 heavy (non-hydrogen) atoms. The highest BCUT2D eigenvalue weighted by molar-refractivity contribution is 5.94. The van der Waals surface area contributed by atoms with Crippen molar-refractivity contribution in [1.29, 1.82) is 0 Å². The Morgan fingerprint density at radius 2 is 1.87 bits per heavy atom. The van der Waals surface area contributed by atoms with Crippen LogP contribution in [0.3, 0.4) is 0 Å². The molecule has 3 heterocycles. The Morgan fingerprint density at radius 3 is 2.53 bits per heavy atom. The predicted octanol–water partition coefficient (Wildman–Crippen LogP) is 4.13. The van der Waals surface area contributed by atoms with Gasteiger partial charge in [-0.15, -0.1) is 0 Å². The number of benzene rings is 1. The molecule has 1 N–H and O–H groups in total. The number of nitrogens with one attached hydrogen (secondary N) is 1. The van der Waals surface area contributed by atoms with E-state index in [1.54, 1.807) is 6.20 Å². The zero-order chi connectivity index (χ0) is 20.9. The average Bonchev–Trinajstić information content (AvgIpc) is 2.80. The molecule has 0 aliphatic carbocycles. The van der Waals surface area contributed by atoms with E-state index in [1.165, 1.54) is 0 Å². The van der Waals surface area contributed by atoms with Crippen molar-refractivity contribution < 1.29 is 4.79 Å². The lowest BCUT2D eigenvalue weighted by atomic mass is 10.0. The van der Waals surface area contributed by atoms with Crippen LogP contribution >= 0.6 is 0 Å². The van der Waals surface area contributed by atoms with Crippen LogP contribution < -0.4 is 5.32 Å². The van der Waals surface area contributed by atoms with Gasteiger partial charge >= 0.3 is 0 Å². The van der Waals surface area contributed by atoms with E-state index in [4.69, 9.17) is 4.98 Å². The van der Waals surface area contributed by atoms with Gasteiger partial charge in [0.2, 0.25) is 0 Å². The zero-order valence-corrected chi connectivity index (χ0v) is 17.5. The predicted molar refractivity (Wildman–Crippen MR) is 118 cm³/mol. The van der Waals surface area contributed by atoms with E-state index in [1.807, 2.05) is 60.4 Å². The van der Waals surface area contributed by atoms with E-state index in [0.717, 1.165) is 60.7 Å². The minimum atomic E-state index is 0.112. The monoisotopic (exact) mass is 401 g/mol. The highest BCUT2D eigenvalue weighted by atomic mass is 16.2. The van der Waals surface area contributed by atoms with Crippen molar-refractivity contribution in [2.45, 2.75) is 39.2 Å². The third kappa shape index (κ3) is 4.64. The number of aryl methyl sites for hydroxylation is 2. The number of carbonyl (C=O) groups excluding carboxylic acids is 1. The topological polar surface area (TPSA) is 71.0 Å². The van der Waals surface area contributed by atoms with Crippen molar-refractivity contribution in [3.63, 3.8) is 0 Å². The maximum atomic E-state index is 12.7. The molecule has 0 saturated carbocycles. The van der Waals surface area contributed by atoms with Crippen molar-refractivity contribution in [2.24, 2.45) is 0 Å². The molecule has 1 fully saturated rings. The Bertz CT molecular complexity index is 996. The first kappa shape index (κ1) is 20.0. The first-order valence-electron chi connectivity index (χ1n) is 10.5. The SMILES string of the molecule is CCc1cc(NC2CCN(C(=O)c3ccc(C)cc3)CC2)nc(-c2ccccn2)n1. The molecule has 0 unspecified atom stereocenters. The minimum Gasteiger partial charge on any atom is -0.367 e. The summed E-state index contributed by atoms with van der Waals surface area (Å²) in [6, 6.07) is 15.8. The molecule has 1 amide bonds. The standard InChI is InChI=1S/C24H27N5O/c1-3-19-16-22(28-23(27-19)21-6-4-5-13-25-21)26-20-11-14-29(15-12-20)24(30)18-9-7-17(2)8-10-18/h4-10,13,16,20H,3,11-12,14-15H2,1-2H3,(H,26,27,28). The Morgan fingerprint density at radius 1 is 1.10 bits per heavy atom. The van der Waals surface area contributed by atoms with E-state index in [9.17, 15) is 4.79 Å². The molecular formula is C24H27N5O. The van der Waals surface area contributed by atoms with E-state index >= 15 is 0 Å². The second-order valence-electron chi connectivity index (χ2n) is 7.71. The number of hydrogen-bond acceptors (Lipinski definition) is 5. The summed E-state index contributed by atoms with van der Waals surface area (Å²) in [6.45, 7) is 5.59. The maximum Gasteiger partial charge on any atom is 0.253 e. The first-order chi connectivity index (χ1) is 14.6. The highest BCUT2D eigenvalue weighted by Crippen LogP contribution is 2.21. The van der Waals surface area contributed by atoms with Crippen molar-refractivity contribution in [2.75, 3.05) is 18.4 Å². The summed E-state index contributed by atoms with van der Waals surface area (Å²) < 4.78 is 0. The summed E-state index contributed by atoms with van der Waals surface area (Å²) >= 11 is 0. The average molecular weight is 402 g/mol. The lowest BCUT2D eigenvalue weighted by Gasteiger charge is -2.32. The van der Waals surface area contributed by atoms with Gasteiger partial charge in [0.25, 0.3) is 5.91 Å². The molecular weight excluding hydrogens is 374 g/mol. The van der Waals surface area contributed by atoms with Gasteiger partial charge in [0, 0.05) is 42.7 Å². The largest absolute Gasteiger partial charge is 0.367 e. The third-order valence-electron chi connectivity index (χ3n) is 5.47. The third-order valence-corrected chi connectivity index (χ3v) is 5.47. The Balaban J connectivity index is 1.41. The molecule has 0 bridgehead atoms. The number of aromatic nitrogens is 3. The smallest absolute Gasteiger partial charge is 0.253 e. The number of hydrogen-bond donors (Lipinski definition) is 1. The van der Waals surface area contributed by atoms with Crippen LogP contribution in [0.1, 0.15) is 41.4 Å². The van der Waals surface area contributed by atoms with Gasteiger partial charge in [-0.25, -0.2) is 9.97 Å². The Hall–Kier alpha value is -3.28. The molecule has 0 atom stereocenters. The Labute approximate surface area is 177 Å². The van der Waals surface area contributed by atoms with Crippen LogP contribution in [0, 0.1) is 6.92 Å². The number of piperidine rings is 1. The van der Waals surface area contributed by atoms with Gasteiger partial charge in [-0.3, -0.25) is 9.78 Å². The molecule has 0 radical (unpaired) electrons. The van der Waals surface area contributed by atoms with Crippen molar-refractivity contribution in [1.82, 2.24) is 19.9 Å². The van der Waals surface area contributed by atoms with Crippen LogP contribution in [0.4, 0.5) is 5.82 Å². The van der Waals surface area contributed by atoms with Crippen LogP contribution in [-0.4, -0.2) is 44.9 Å². The van der Waals surface area contributed by atoms with E-state index in [2.05, 4.69) is 22.2 Å². The molecule has 4 rings (SSSR count). The molecule has 2 aromatic heterocycles. The van der Waals surface area contributed by atoms with Crippen molar-refractivity contribution in [3.8, 4) is 11.5 Å². The van der Waals surface area contributed by atoms with Gasteiger partial charge in [-0.1, -0.05) is 30.7 Å². The van der Waals surface area contributed by atoms with Gasteiger partial charge in [0.1, 0.15) is 11.5 Å². The maximum absolute atomic E-state index is 12.7. The fraction of sp³-hybridized carbons (Fsp3) is 0.333. The van der Waals surface area contributed by atoms with Gasteiger partial charge in [0.15, 0.2) is 5.82 Å². The molecule has 1 aliphatic rings. The van der Waals surface area contributed by atoms with Gasteiger partial charge in [-0.2, -0.15) is 0 Å². The van der Waals surface area contributed by atoms with Crippen molar-refractivity contribution in [3.05, 3.63) is 71.5 Å². The molecule has 3 aromatic rings. The Kier molecular flexibility index (Phi) is 6.02. The molecule has 154 valence electrons. The number of likely N-dealkylation sites (tertiary alicyclic amines) is 1. The first-order valence-corrected chi connectivity index (χ1v) is 10.5. The molecule has 1 saturated heterocycles. The van der Waals surface area contributed by atoms with Gasteiger partial charge in [-0.05, 0) is 50.5 Å². The lowest BCUT2D eigenvalue weighted by molar-refractivity contribution is 0.0718. The number of anilines is 1. The minimum absolute atomic E-state index is 0.112. The lowest BCUT2D eigenvalue weighted by Crippen LogP contribution is -2.42. The summed E-state index contributed by atoms with van der Waals surface area (Å²) in [4.78, 5) is 28.4. The van der Waals surface area contributed by atoms with Crippen molar-refractivity contribution >= 4 is 11.7 Å². The van der Waals surface area contributed by atoms with Gasteiger partial charge in [0.05, 0.1) is 0 Å². The zero-order valence-electron chi connectivity index (χ0n) is 17.5. The second kappa shape index (κ2) is 9.03. The highest BCUT2D eigenvalue weighted by Gasteiger charge is 2.24. The van der Waals surface area contributed by atoms with E-state index < -0.39 is 0 Å². The fourth-order valence-electron chi connectivity index (χ4n) is 3.68. The number of nitrogens with zero attached hydrogens (tertiary/aromatic N) is 4.